The topological polar surface area (TPSA) is 52.7 Å². The van der Waals surface area contributed by atoms with Gasteiger partial charge < -0.3 is 15.1 Å². The number of carbonyl (C=O) groups excluding carboxylic acids is 2. The van der Waals surface area contributed by atoms with Crippen LogP contribution in [0.15, 0.2) is 54.6 Å². The Balaban J connectivity index is 1.52. The van der Waals surface area contributed by atoms with Gasteiger partial charge in [-0.15, -0.1) is 0 Å². The van der Waals surface area contributed by atoms with Crippen molar-refractivity contribution in [3.05, 3.63) is 60.2 Å². The summed E-state index contributed by atoms with van der Waals surface area (Å²) in [5.74, 6) is -0.459. The second-order valence-corrected chi connectivity index (χ2v) is 7.34. The van der Waals surface area contributed by atoms with E-state index in [-0.39, 0.29) is 23.7 Å². The van der Waals surface area contributed by atoms with Gasteiger partial charge in [-0.2, -0.15) is 0 Å². The molecule has 0 spiro atoms. The zero-order valence-corrected chi connectivity index (χ0v) is 16.9. The maximum atomic E-state index is 12.6. The van der Waals surface area contributed by atoms with Gasteiger partial charge in [0.05, 0.1) is 11.8 Å². The van der Waals surface area contributed by atoms with E-state index in [2.05, 4.69) is 24.1 Å². The molecular formula is C23H29N3O2. The Hall–Kier alpha value is -2.82. The highest BCUT2D eigenvalue weighted by atomic mass is 16.2. The lowest BCUT2D eigenvalue weighted by Crippen LogP contribution is -2.29. The summed E-state index contributed by atoms with van der Waals surface area (Å²) in [5.41, 5.74) is 3.01. The number of hydrogen-bond donors (Lipinski definition) is 1. The molecule has 0 aliphatic heterocycles. The van der Waals surface area contributed by atoms with Crippen molar-refractivity contribution < 1.29 is 9.59 Å². The van der Waals surface area contributed by atoms with Gasteiger partial charge in [0.25, 0.3) is 0 Å². The van der Waals surface area contributed by atoms with Crippen LogP contribution in [0.2, 0.25) is 0 Å². The van der Waals surface area contributed by atoms with Gasteiger partial charge in [0, 0.05) is 38.1 Å². The van der Waals surface area contributed by atoms with Gasteiger partial charge in [-0.3, -0.25) is 9.59 Å². The molecule has 2 amide bonds. The van der Waals surface area contributed by atoms with Crippen LogP contribution in [0, 0.1) is 11.8 Å². The summed E-state index contributed by atoms with van der Waals surface area (Å²) in [6, 6.07) is 17.8. The number of carbonyl (C=O) groups is 2. The Kier molecular flexibility index (Phi) is 6.34. The van der Waals surface area contributed by atoms with Crippen molar-refractivity contribution in [2.45, 2.75) is 26.8 Å². The molecule has 5 nitrogen and oxygen atoms in total. The smallest absolute Gasteiger partial charge is 0.228 e. The van der Waals surface area contributed by atoms with E-state index in [1.54, 1.807) is 11.9 Å². The van der Waals surface area contributed by atoms with E-state index in [1.807, 2.05) is 54.6 Å². The molecule has 2 atom stereocenters. The molecule has 2 aromatic carbocycles. The molecule has 1 aliphatic rings. The average molecular weight is 380 g/mol. The summed E-state index contributed by atoms with van der Waals surface area (Å²) in [4.78, 5) is 29.1. The molecule has 1 N–H and O–H groups in total. The van der Waals surface area contributed by atoms with Crippen LogP contribution in [0.5, 0.6) is 0 Å². The van der Waals surface area contributed by atoms with Crippen molar-refractivity contribution in [1.29, 1.82) is 0 Å². The van der Waals surface area contributed by atoms with Crippen LogP contribution in [0.4, 0.5) is 11.4 Å². The lowest BCUT2D eigenvalue weighted by Gasteiger charge is -2.21. The zero-order valence-electron chi connectivity index (χ0n) is 16.9. The van der Waals surface area contributed by atoms with Gasteiger partial charge in [0.15, 0.2) is 0 Å². The van der Waals surface area contributed by atoms with Crippen LogP contribution < -0.4 is 10.2 Å². The number of nitrogens with one attached hydrogen (secondary N) is 1. The van der Waals surface area contributed by atoms with Gasteiger partial charge in [-0.05, 0) is 50.1 Å². The van der Waals surface area contributed by atoms with Crippen molar-refractivity contribution in [3.8, 4) is 0 Å². The van der Waals surface area contributed by atoms with Crippen molar-refractivity contribution in [1.82, 2.24) is 4.90 Å². The summed E-state index contributed by atoms with van der Waals surface area (Å²) in [7, 11) is 1.80. The Morgan fingerprint density at radius 1 is 0.964 bits per heavy atom. The van der Waals surface area contributed by atoms with Gasteiger partial charge >= 0.3 is 0 Å². The summed E-state index contributed by atoms with van der Waals surface area (Å²) in [6.45, 7) is 6.71. The van der Waals surface area contributed by atoms with E-state index < -0.39 is 0 Å². The normalized spacial score (nSPS) is 17.7. The van der Waals surface area contributed by atoms with Crippen LogP contribution in [-0.4, -0.2) is 36.9 Å². The predicted molar refractivity (Wildman–Crippen MR) is 113 cm³/mol. The number of hydrogen-bond acceptors (Lipinski definition) is 3. The van der Waals surface area contributed by atoms with Crippen LogP contribution in [-0.2, 0) is 16.1 Å². The molecule has 0 radical (unpaired) electrons. The molecule has 1 fully saturated rings. The summed E-state index contributed by atoms with van der Waals surface area (Å²) in [5, 5.41) is 2.95. The first kappa shape index (κ1) is 19.9. The van der Waals surface area contributed by atoms with E-state index in [9.17, 15) is 9.59 Å². The molecule has 1 saturated carbocycles. The monoisotopic (exact) mass is 379 g/mol. The lowest BCUT2D eigenvalue weighted by atomic mass is 10.2. The molecule has 3 rings (SSSR count). The minimum atomic E-state index is -0.229. The fourth-order valence-corrected chi connectivity index (χ4v) is 3.56. The first-order valence-corrected chi connectivity index (χ1v) is 9.98. The molecule has 0 saturated heterocycles. The molecule has 1 aliphatic carbocycles. The first-order chi connectivity index (χ1) is 13.5. The fraction of sp³-hybridized carbons (Fsp3) is 0.391. The third-order valence-corrected chi connectivity index (χ3v) is 5.35. The minimum Gasteiger partial charge on any atom is -0.372 e. The van der Waals surface area contributed by atoms with Gasteiger partial charge in [0.2, 0.25) is 11.8 Å². The van der Waals surface area contributed by atoms with Crippen molar-refractivity contribution in [2.24, 2.45) is 11.8 Å². The largest absolute Gasteiger partial charge is 0.372 e. The lowest BCUT2D eigenvalue weighted by molar-refractivity contribution is -0.133. The number of amides is 2. The number of benzene rings is 2. The Morgan fingerprint density at radius 2 is 1.61 bits per heavy atom. The summed E-state index contributed by atoms with van der Waals surface area (Å²) >= 11 is 0. The number of nitrogens with zero attached hydrogens (tertiary/aromatic N) is 2. The van der Waals surface area contributed by atoms with Crippen LogP contribution in [0.3, 0.4) is 0 Å². The van der Waals surface area contributed by atoms with E-state index in [0.29, 0.717) is 13.0 Å². The highest BCUT2D eigenvalue weighted by Crippen LogP contribution is 2.41. The molecular weight excluding hydrogens is 350 g/mol. The van der Waals surface area contributed by atoms with Crippen LogP contribution in [0.25, 0.3) is 0 Å². The Bertz CT molecular complexity index is 800. The summed E-state index contributed by atoms with van der Waals surface area (Å²) < 4.78 is 0. The number of rotatable bonds is 8. The maximum absolute atomic E-state index is 12.6. The molecule has 2 aromatic rings. The maximum Gasteiger partial charge on any atom is 0.228 e. The van der Waals surface area contributed by atoms with Crippen molar-refractivity contribution in [2.75, 3.05) is 30.4 Å². The van der Waals surface area contributed by atoms with Gasteiger partial charge in [-0.1, -0.05) is 30.3 Å². The molecule has 148 valence electrons. The first-order valence-electron chi connectivity index (χ1n) is 9.98. The van der Waals surface area contributed by atoms with Crippen molar-refractivity contribution >= 4 is 23.2 Å². The number of anilines is 2. The Labute approximate surface area is 167 Å². The molecule has 0 bridgehead atoms. The molecule has 2 unspecified atom stereocenters. The SMILES string of the molecule is CCN(CC)c1ccc(NC(=O)C2CC2C(=O)N(C)Cc2ccccc2)cc1. The zero-order chi connectivity index (χ0) is 20.1. The van der Waals surface area contributed by atoms with Gasteiger partial charge in [0.1, 0.15) is 0 Å². The van der Waals surface area contributed by atoms with E-state index in [1.165, 1.54) is 0 Å². The molecule has 5 heteroatoms. The standard InChI is InChI=1S/C23H29N3O2/c1-4-26(5-2)19-13-11-18(12-14-19)24-22(27)20-15-21(20)23(28)25(3)16-17-9-7-6-8-10-17/h6-14,20-21H,4-5,15-16H2,1-3H3,(H,24,27). The highest BCUT2D eigenvalue weighted by Gasteiger charge is 2.49. The fourth-order valence-electron chi connectivity index (χ4n) is 3.56. The van der Waals surface area contributed by atoms with E-state index in [0.717, 1.165) is 30.0 Å². The van der Waals surface area contributed by atoms with E-state index in [4.69, 9.17) is 0 Å². The third-order valence-electron chi connectivity index (χ3n) is 5.35. The van der Waals surface area contributed by atoms with E-state index >= 15 is 0 Å². The van der Waals surface area contributed by atoms with Crippen molar-refractivity contribution in [3.63, 3.8) is 0 Å². The molecule has 28 heavy (non-hydrogen) atoms. The van der Waals surface area contributed by atoms with Crippen LogP contribution in [0.1, 0.15) is 25.8 Å². The minimum absolute atomic E-state index is 0.0425. The predicted octanol–water partition coefficient (Wildman–Crippen LogP) is 3.77. The third kappa shape index (κ3) is 4.71. The Morgan fingerprint density at radius 3 is 2.21 bits per heavy atom. The average Bonchev–Trinajstić information content (AvgIpc) is 3.51. The second-order valence-electron chi connectivity index (χ2n) is 7.34. The molecule has 0 heterocycles. The quantitative estimate of drug-likeness (QED) is 0.760. The summed E-state index contributed by atoms with van der Waals surface area (Å²) in [6.07, 6.45) is 0.626. The van der Waals surface area contributed by atoms with Crippen LogP contribution >= 0.6 is 0 Å². The van der Waals surface area contributed by atoms with Gasteiger partial charge in [-0.25, -0.2) is 0 Å². The molecule has 0 aromatic heterocycles. The highest BCUT2D eigenvalue weighted by molar-refractivity contribution is 5.99. The second kappa shape index (κ2) is 8.91.